The van der Waals surface area contributed by atoms with Crippen LogP contribution < -0.4 is 10.1 Å². The van der Waals surface area contributed by atoms with Crippen LogP contribution in [0.4, 0.5) is 0 Å². The van der Waals surface area contributed by atoms with Gasteiger partial charge in [0.05, 0.1) is 18.5 Å². The number of carbonyl (C=O) groups excluding carboxylic acids is 1. The minimum atomic E-state index is -0.151. The fourth-order valence-corrected chi connectivity index (χ4v) is 4.13. The first-order valence-electron chi connectivity index (χ1n) is 11.2. The Kier molecular flexibility index (Phi) is 6.85. The second kappa shape index (κ2) is 9.96. The molecule has 2 aromatic carbocycles. The van der Waals surface area contributed by atoms with E-state index in [1.165, 1.54) is 11.1 Å². The zero-order valence-electron chi connectivity index (χ0n) is 19.0. The number of aryl methyl sites for hydroxylation is 1. The van der Waals surface area contributed by atoms with E-state index in [1.54, 1.807) is 11.8 Å². The van der Waals surface area contributed by atoms with Gasteiger partial charge in [0.1, 0.15) is 5.75 Å². The maximum atomic E-state index is 12.7. The van der Waals surface area contributed by atoms with Crippen molar-refractivity contribution in [2.75, 3.05) is 26.7 Å². The molecule has 4 rings (SSSR count). The van der Waals surface area contributed by atoms with E-state index in [9.17, 15) is 4.79 Å². The Bertz CT molecular complexity index is 1040. The van der Waals surface area contributed by atoms with Crippen molar-refractivity contribution in [3.8, 4) is 11.4 Å². The lowest BCUT2D eigenvalue weighted by molar-refractivity contribution is 0.0929. The van der Waals surface area contributed by atoms with Gasteiger partial charge in [0.2, 0.25) is 0 Å². The molecule has 1 aromatic heterocycles. The average molecular weight is 434 g/mol. The van der Waals surface area contributed by atoms with Gasteiger partial charge in [0, 0.05) is 13.1 Å². The minimum absolute atomic E-state index is 0.151. The van der Waals surface area contributed by atoms with Gasteiger partial charge in [-0.25, -0.2) is 4.68 Å². The zero-order chi connectivity index (χ0) is 22.5. The maximum Gasteiger partial charge on any atom is 0.273 e. The number of ether oxygens (including phenoxy) is 1. The van der Waals surface area contributed by atoms with Crippen LogP contribution in [0.1, 0.15) is 40.2 Å². The normalized spacial score (nSPS) is 15.0. The minimum Gasteiger partial charge on any atom is -0.497 e. The third kappa shape index (κ3) is 5.16. The van der Waals surface area contributed by atoms with E-state index in [-0.39, 0.29) is 5.91 Å². The molecule has 0 bridgehead atoms. The smallest absolute Gasteiger partial charge is 0.273 e. The highest BCUT2D eigenvalue weighted by Crippen LogP contribution is 2.20. The van der Waals surface area contributed by atoms with Crippen molar-refractivity contribution < 1.29 is 9.53 Å². The number of likely N-dealkylation sites (tertiary alicyclic amines) is 1. The molecule has 2 heterocycles. The van der Waals surface area contributed by atoms with Gasteiger partial charge in [0.25, 0.3) is 5.91 Å². The van der Waals surface area contributed by atoms with Crippen molar-refractivity contribution in [1.29, 1.82) is 0 Å². The molecule has 1 amide bonds. The number of methoxy groups -OCH3 is 1. The third-order valence-corrected chi connectivity index (χ3v) is 6.21. The molecule has 0 aliphatic carbocycles. The van der Waals surface area contributed by atoms with Gasteiger partial charge in [-0.05, 0) is 75.5 Å². The Labute approximate surface area is 189 Å². The molecule has 0 spiro atoms. The number of amides is 1. The first kappa shape index (κ1) is 22.0. The molecule has 1 saturated heterocycles. The van der Waals surface area contributed by atoms with Crippen LogP contribution in [0.5, 0.6) is 5.75 Å². The number of carbonyl (C=O) groups is 1. The molecule has 7 nitrogen and oxygen atoms in total. The summed E-state index contributed by atoms with van der Waals surface area (Å²) in [6.45, 7) is 7.62. The van der Waals surface area contributed by atoms with E-state index in [4.69, 9.17) is 4.74 Å². The van der Waals surface area contributed by atoms with Crippen molar-refractivity contribution in [3.05, 3.63) is 71.0 Å². The summed E-state index contributed by atoms with van der Waals surface area (Å²) in [6.07, 6.45) is 2.15. The third-order valence-electron chi connectivity index (χ3n) is 6.21. The molecule has 32 heavy (non-hydrogen) atoms. The molecule has 1 N–H and O–H groups in total. The van der Waals surface area contributed by atoms with Crippen molar-refractivity contribution in [1.82, 2.24) is 25.2 Å². The second-order valence-electron chi connectivity index (χ2n) is 8.55. The summed E-state index contributed by atoms with van der Waals surface area (Å²) >= 11 is 0. The highest BCUT2D eigenvalue weighted by atomic mass is 16.5. The summed E-state index contributed by atoms with van der Waals surface area (Å²) in [6, 6.07) is 16.3. The average Bonchev–Trinajstić information content (AvgIpc) is 3.21. The first-order chi connectivity index (χ1) is 15.5. The van der Waals surface area contributed by atoms with E-state index in [1.807, 2.05) is 50.2 Å². The molecule has 0 atom stereocenters. The fourth-order valence-electron chi connectivity index (χ4n) is 4.13. The van der Waals surface area contributed by atoms with Gasteiger partial charge in [-0.3, -0.25) is 9.69 Å². The van der Waals surface area contributed by atoms with Gasteiger partial charge in [-0.2, -0.15) is 0 Å². The number of benzene rings is 2. The van der Waals surface area contributed by atoms with Gasteiger partial charge in [0.15, 0.2) is 5.69 Å². The highest BCUT2D eigenvalue weighted by molar-refractivity contribution is 5.93. The predicted molar refractivity (Wildman–Crippen MR) is 124 cm³/mol. The molecule has 3 aromatic rings. The van der Waals surface area contributed by atoms with Crippen LogP contribution in [0.25, 0.3) is 5.69 Å². The zero-order valence-corrected chi connectivity index (χ0v) is 19.0. The monoisotopic (exact) mass is 433 g/mol. The van der Waals surface area contributed by atoms with Gasteiger partial charge in [-0.15, -0.1) is 5.10 Å². The van der Waals surface area contributed by atoms with E-state index < -0.39 is 0 Å². The first-order valence-corrected chi connectivity index (χ1v) is 11.2. The molecule has 0 unspecified atom stereocenters. The lowest BCUT2D eigenvalue weighted by Crippen LogP contribution is -2.38. The predicted octanol–water partition coefficient (Wildman–Crippen LogP) is 3.53. The Hall–Kier alpha value is -3.19. The summed E-state index contributed by atoms with van der Waals surface area (Å²) in [5.41, 5.74) is 4.52. The maximum absolute atomic E-state index is 12.7. The molecule has 7 heteroatoms. The van der Waals surface area contributed by atoms with Crippen molar-refractivity contribution in [3.63, 3.8) is 0 Å². The van der Waals surface area contributed by atoms with E-state index >= 15 is 0 Å². The number of nitrogens with one attached hydrogen (secondary N) is 1. The number of piperidine rings is 1. The molecule has 168 valence electrons. The van der Waals surface area contributed by atoms with Crippen LogP contribution in [0.3, 0.4) is 0 Å². The highest BCUT2D eigenvalue weighted by Gasteiger charge is 2.22. The lowest BCUT2D eigenvalue weighted by atomic mass is 9.96. The Morgan fingerprint density at radius 2 is 1.75 bits per heavy atom. The Morgan fingerprint density at radius 1 is 1.06 bits per heavy atom. The summed E-state index contributed by atoms with van der Waals surface area (Å²) in [5, 5.41) is 11.4. The molecule has 0 radical (unpaired) electrons. The molecule has 1 fully saturated rings. The molecular weight excluding hydrogens is 402 g/mol. The SMILES string of the molecule is COc1ccc(CN2CCC(CNC(=O)c3nnn(-c4ccc(C)cc4)c3C)CC2)cc1. The number of hydrogen-bond acceptors (Lipinski definition) is 5. The quantitative estimate of drug-likeness (QED) is 0.617. The summed E-state index contributed by atoms with van der Waals surface area (Å²) in [4.78, 5) is 15.2. The van der Waals surface area contributed by atoms with E-state index in [0.29, 0.717) is 18.2 Å². The molecule has 0 saturated carbocycles. The van der Waals surface area contributed by atoms with E-state index in [2.05, 4.69) is 32.7 Å². The number of hydrogen-bond donors (Lipinski definition) is 1. The van der Waals surface area contributed by atoms with Crippen LogP contribution in [0.2, 0.25) is 0 Å². The fraction of sp³-hybridized carbons (Fsp3) is 0.400. The Balaban J connectivity index is 1.26. The number of aromatic nitrogens is 3. The summed E-state index contributed by atoms with van der Waals surface area (Å²) in [7, 11) is 1.69. The summed E-state index contributed by atoms with van der Waals surface area (Å²) in [5.74, 6) is 1.22. The second-order valence-corrected chi connectivity index (χ2v) is 8.55. The number of rotatable bonds is 7. The van der Waals surface area contributed by atoms with Crippen LogP contribution in [-0.2, 0) is 6.54 Å². The van der Waals surface area contributed by atoms with Crippen LogP contribution in [0, 0.1) is 19.8 Å². The van der Waals surface area contributed by atoms with Crippen LogP contribution >= 0.6 is 0 Å². The van der Waals surface area contributed by atoms with E-state index in [0.717, 1.165) is 49.6 Å². The van der Waals surface area contributed by atoms with Gasteiger partial charge >= 0.3 is 0 Å². The van der Waals surface area contributed by atoms with Crippen LogP contribution in [0.15, 0.2) is 48.5 Å². The topological polar surface area (TPSA) is 72.3 Å². The summed E-state index contributed by atoms with van der Waals surface area (Å²) < 4.78 is 6.94. The van der Waals surface area contributed by atoms with Crippen molar-refractivity contribution >= 4 is 5.91 Å². The Morgan fingerprint density at radius 3 is 2.41 bits per heavy atom. The molecular formula is C25H31N5O2. The van der Waals surface area contributed by atoms with Crippen molar-refractivity contribution in [2.24, 2.45) is 5.92 Å². The van der Waals surface area contributed by atoms with Gasteiger partial charge in [-0.1, -0.05) is 35.0 Å². The largest absolute Gasteiger partial charge is 0.497 e. The van der Waals surface area contributed by atoms with Gasteiger partial charge < -0.3 is 10.1 Å². The van der Waals surface area contributed by atoms with Crippen molar-refractivity contribution in [2.45, 2.75) is 33.2 Å². The van der Waals surface area contributed by atoms with Crippen LogP contribution in [-0.4, -0.2) is 52.5 Å². The standard InChI is InChI=1S/C25H31N5O2/c1-18-4-8-22(9-5-18)30-19(2)24(27-28-30)25(31)26-16-20-12-14-29(15-13-20)17-21-6-10-23(32-3)11-7-21/h4-11,20H,12-17H2,1-3H3,(H,26,31). The lowest BCUT2D eigenvalue weighted by Gasteiger charge is -2.32. The number of nitrogens with zero attached hydrogens (tertiary/aromatic N) is 4. The molecule has 1 aliphatic heterocycles. The molecule has 1 aliphatic rings.